The number of hydrogen-bond donors (Lipinski definition) is 0. The third-order valence-electron chi connectivity index (χ3n) is 5.27. The Hall–Kier alpha value is -0.798. The molecule has 0 N–H and O–H groups in total. The molecule has 0 aromatic carbocycles. The first-order chi connectivity index (χ1) is 16.3. The van der Waals surface area contributed by atoms with Gasteiger partial charge < -0.3 is 16.1 Å². The van der Waals surface area contributed by atoms with Crippen molar-refractivity contribution in [2.24, 2.45) is 0 Å². The van der Waals surface area contributed by atoms with E-state index < -0.39 is 15.1 Å². The van der Waals surface area contributed by atoms with E-state index in [9.17, 15) is 4.79 Å². The Labute approximate surface area is 216 Å². The zero-order chi connectivity index (χ0) is 25.4. The molecule has 34 heavy (non-hydrogen) atoms. The van der Waals surface area contributed by atoms with Crippen LogP contribution in [0.2, 0.25) is 0 Å². The minimum Gasteiger partial charge on any atom is -0.777 e. The highest BCUT2D eigenvalue weighted by Crippen LogP contribution is 2.11. The lowest BCUT2D eigenvalue weighted by atomic mass is 10.1. The van der Waals surface area contributed by atoms with E-state index in [-0.39, 0.29) is 18.2 Å². The first-order valence-electron chi connectivity index (χ1n) is 13.8. The van der Waals surface area contributed by atoms with Gasteiger partial charge in [0.1, 0.15) is 0 Å². The van der Waals surface area contributed by atoms with Crippen LogP contribution in [0, 0.1) is 0 Å². The summed E-state index contributed by atoms with van der Waals surface area (Å²) in [5.41, 5.74) is 0. The van der Waals surface area contributed by atoms with Crippen LogP contribution in [0.5, 0.6) is 0 Å². The Balaban J connectivity index is 3.68. The van der Waals surface area contributed by atoms with E-state index in [1.807, 2.05) is 27.7 Å². The summed E-state index contributed by atoms with van der Waals surface area (Å²) in [5.74, 6) is 0.107. The number of carbonyl (C=O) groups is 1. The molecular weight excluding hydrogens is 443 g/mol. The summed E-state index contributed by atoms with van der Waals surface area (Å²) in [6.07, 6.45) is 23.8. The fourth-order valence-corrected chi connectivity index (χ4v) is 4.88. The van der Waals surface area contributed by atoms with Crippen LogP contribution in [0.1, 0.15) is 131 Å². The average Bonchev–Trinajstić information content (AvgIpc) is 2.74. The molecule has 199 valence electrons. The molecule has 0 spiro atoms. The number of esters is 1. The largest absolute Gasteiger partial charge is 0.777 e. The van der Waals surface area contributed by atoms with E-state index in [2.05, 4.69) is 19.1 Å². The van der Waals surface area contributed by atoms with Gasteiger partial charge in [0.25, 0.3) is 0 Å². The topological polar surface area (TPSA) is 54.0 Å². The standard InChI is InChI=1S/C22H40O3.2C3H7O.Al/c1-3-4-5-6-7-8-9-10-11-12-13-14-15-16-17-18-19-25-22(24)20-21(2)23;2*1-3(2)4;/h10-11,20,23H,3-9,12-19H2,1-2H3;2*3H,1-2H3;/q;2*-1;+2/p-1/b11-10+,21-20?;;;. The van der Waals surface area contributed by atoms with Crippen molar-refractivity contribution in [2.45, 2.75) is 144 Å². The number of allylic oxidation sites excluding steroid dienone is 3. The summed E-state index contributed by atoms with van der Waals surface area (Å²) in [7, 11) is 0. The maximum absolute atomic E-state index is 12.0. The number of unbranched alkanes of at least 4 members (excludes halogenated alkanes) is 12. The maximum atomic E-state index is 12.0. The summed E-state index contributed by atoms with van der Waals surface area (Å²) < 4.78 is 22.5. The highest BCUT2D eigenvalue weighted by molar-refractivity contribution is 6.36. The number of ether oxygens (including phenoxy) is 1. The highest BCUT2D eigenvalue weighted by Gasteiger charge is 2.16. The van der Waals surface area contributed by atoms with E-state index in [1.165, 1.54) is 83.1 Å². The molecule has 0 aromatic rings. The zero-order valence-corrected chi connectivity index (χ0v) is 24.3. The highest BCUT2D eigenvalue weighted by atomic mass is 27.3. The van der Waals surface area contributed by atoms with Crippen molar-refractivity contribution in [1.29, 1.82) is 0 Å². The molecule has 0 heterocycles. The Morgan fingerprint density at radius 1 is 0.735 bits per heavy atom. The second kappa shape index (κ2) is 23.9. The van der Waals surface area contributed by atoms with Gasteiger partial charge in [-0.1, -0.05) is 76.9 Å². The van der Waals surface area contributed by atoms with E-state index in [1.54, 1.807) is 6.92 Å². The Morgan fingerprint density at radius 2 is 1.21 bits per heavy atom. The molecule has 0 aliphatic heterocycles. The van der Waals surface area contributed by atoms with Gasteiger partial charge in [-0.05, 0) is 78.9 Å². The van der Waals surface area contributed by atoms with E-state index in [4.69, 9.17) is 16.1 Å². The van der Waals surface area contributed by atoms with Gasteiger partial charge in [-0.15, -0.1) is 0 Å². The van der Waals surface area contributed by atoms with Crippen molar-refractivity contribution in [1.82, 2.24) is 0 Å². The zero-order valence-electron chi connectivity index (χ0n) is 23.1. The SMILES string of the molecule is CCCCCCCC/C=C/CCCCCCCCOC(=O)C=C(C)[O][Al-]([O]C(C)C)[O]C(C)C. The molecule has 0 amide bonds. The van der Waals surface area contributed by atoms with Crippen LogP contribution in [-0.2, 0) is 20.9 Å². The molecule has 0 saturated carbocycles. The van der Waals surface area contributed by atoms with Crippen LogP contribution in [0.3, 0.4) is 0 Å². The van der Waals surface area contributed by atoms with Crippen LogP contribution in [0.15, 0.2) is 24.0 Å². The first kappa shape index (κ1) is 33.2. The minimum absolute atomic E-state index is 0.0153. The van der Waals surface area contributed by atoms with E-state index in [0.717, 1.165) is 12.8 Å². The molecule has 0 bridgehead atoms. The molecule has 0 fully saturated rings. The summed E-state index contributed by atoms with van der Waals surface area (Å²) >= 11 is -2.31. The quantitative estimate of drug-likeness (QED) is 0.0355. The van der Waals surface area contributed by atoms with Crippen LogP contribution < -0.4 is 0 Å². The van der Waals surface area contributed by atoms with Crippen molar-refractivity contribution in [3.8, 4) is 0 Å². The number of hydrogen-bond acceptors (Lipinski definition) is 5. The first-order valence-corrected chi connectivity index (χ1v) is 15.2. The second-order valence-electron chi connectivity index (χ2n) is 9.64. The molecule has 0 aliphatic rings. The Morgan fingerprint density at radius 3 is 1.71 bits per heavy atom. The number of rotatable bonds is 23. The Bertz CT molecular complexity index is 521. The molecule has 0 atom stereocenters. The molecular formula is C28H53AlO5-. The van der Waals surface area contributed by atoms with Gasteiger partial charge in [0.05, 0.1) is 12.7 Å². The summed E-state index contributed by atoms with van der Waals surface area (Å²) in [6.45, 7) is 12.2. The Kier molecular flexibility index (Phi) is 23.4. The van der Waals surface area contributed by atoms with Crippen LogP contribution >= 0.6 is 0 Å². The van der Waals surface area contributed by atoms with E-state index >= 15 is 0 Å². The third kappa shape index (κ3) is 24.3. The average molecular weight is 497 g/mol. The summed E-state index contributed by atoms with van der Waals surface area (Å²) in [6, 6.07) is 0. The third-order valence-corrected chi connectivity index (χ3v) is 7.37. The van der Waals surface area contributed by atoms with Crippen LogP contribution in [0.4, 0.5) is 0 Å². The fourth-order valence-electron chi connectivity index (χ4n) is 3.45. The fraction of sp³-hybridized carbons (Fsp3) is 0.821. The molecule has 0 aromatic heterocycles. The lowest BCUT2D eigenvalue weighted by Gasteiger charge is -2.33. The van der Waals surface area contributed by atoms with Gasteiger partial charge in [0.2, 0.25) is 0 Å². The number of carbonyl (C=O) groups excluding carboxylic acids is 1. The maximum Gasteiger partial charge on any atom is 0.653 e. The molecule has 6 heteroatoms. The summed E-state index contributed by atoms with van der Waals surface area (Å²) in [4.78, 5) is 12.0. The van der Waals surface area contributed by atoms with Gasteiger partial charge >= 0.3 is 21.1 Å². The normalized spacial score (nSPS) is 12.4. The molecule has 5 nitrogen and oxygen atoms in total. The van der Waals surface area contributed by atoms with Crippen molar-refractivity contribution >= 4 is 21.1 Å². The molecule has 0 saturated heterocycles. The molecule has 1 radical (unpaired) electrons. The van der Waals surface area contributed by atoms with Gasteiger partial charge in [-0.2, -0.15) is 0 Å². The summed E-state index contributed by atoms with van der Waals surface area (Å²) in [5, 5.41) is 0. The predicted octanol–water partition coefficient (Wildman–Crippen LogP) is 8.32. The van der Waals surface area contributed by atoms with Crippen molar-refractivity contribution in [2.75, 3.05) is 6.61 Å². The lowest BCUT2D eigenvalue weighted by molar-refractivity contribution is -0.138. The van der Waals surface area contributed by atoms with Gasteiger partial charge in [0.15, 0.2) is 0 Å². The van der Waals surface area contributed by atoms with Crippen molar-refractivity contribution in [3.05, 3.63) is 24.0 Å². The van der Waals surface area contributed by atoms with E-state index in [0.29, 0.717) is 12.4 Å². The predicted molar refractivity (Wildman–Crippen MR) is 143 cm³/mol. The van der Waals surface area contributed by atoms with Gasteiger partial charge in [-0.25, -0.2) is 4.79 Å². The molecule has 0 aliphatic carbocycles. The molecule has 0 unspecified atom stereocenters. The minimum atomic E-state index is -2.31. The van der Waals surface area contributed by atoms with Crippen LogP contribution in [-0.4, -0.2) is 39.9 Å². The van der Waals surface area contributed by atoms with Crippen LogP contribution in [0.25, 0.3) is 0 Å². The lowest BCUT2D eigenvalue weighted by Crippen LogP contribution is -2.32. The van der Waals surface area contributed by atoms with Gasteiger partial charge in [0, 0.05) is 5.76 Å². The van der Waals surface area contributed by atoms with Crippen molar-refractivity contribution in [3.63, 3.8) is 0 Å². The second-order valence-corrected chi connectivity index (χ2v) is 11.0. The smallest absolute Gasteiger partial charge is 0.653 e. The monoisotopic (exact) mass is 496 g/mol. The van der Waals surface area contributed by atoms with Gasteiger partial charge in [-0.3, -0.25) is 0 Å². The van der Waals surface area contributed by atoms with Crippen molar-refractivity contribution < 1.29 is 20.9 Å². The molecule has 0 rings (SSSR count).